The van der Waals surface area contributed by atoms with Gasteiger partial charge in [-0.3, -0.25) is 0 Å². The Morgan fingerprint density at radius 2 is 2.20 bits per heavy atom. The van der Waals surface area contributed by atoms with Crippen LogP contribution in [0.25, 0.3) is 0 Å². The van der Waals surface area contributed by atoms with E-state index in [-0.39, 0.29) is 0 Å². The second-order valence-electron chi connectivity index (χ2n) is 3.87. The van der Waals surface area contributed by atoms with Gasteiger partial charge in [0.1, 0.15) is 5.82 Å². The maximum Gasteiger partial charge on any atom is 0.227 e. The van der Waals surface area contributed by atoms with Gasteiger partial charge in [-0.25, -0.2) is 4.98 Å². The van der Waals surface area contributed by atoms with Gasteiger partial charge in [-0.1, -0.05) is 0 Å². The molecule has 5 heteroatoms. The minimum Gasteiger partial charge on any atom is -0.384 e. The zero-order chi connectivity index (χ0) is 10.7. The first-order chi connectivity index (χ1) is 7.27. The minimum absolute atomic E-state index is 0.521. The largest absolute Gasteiger partial charge is 0.384 e. The van der Waals surface area contributed by atoms with Gasteiger partial charge in [-0.2, -0.15) is 4.98 Å². The Hall–Kier alpha value is -1.36. The predicted octanol–water partition coefficient (Wildman–Crippen LogP) is 0.247. The Kier molecular flexibility index (Phi) is 3.01. The quantitative estimate of drug-likeness (QED) is 0.727. The van der Waals surface area contributed by atoms with E-state index in [0.29, 0.717) is 11.9 Å². The second-order valence-corrected chi connectivity index (χ2v) is 3.87. The van der Waals surface area contributed by atoms with Gasteiger partial charge in [0.05, 0.1) is 0 Å². The van der Waals surface area contributed by atoms with E-state index in [1.54, 1.807) is 12.3 Å². The molecule has 0 radical (unpaired) electrons. The van der Waals surface area contributed by atoms with E-state index in [9.17, 15) is 0 Å². The first-order valence-corrected chi connectivity index (χ1v) is 5.29. The summed E-state index contributed by atoms with van der Waals surface area (Å²) >= 11 is 0. The lowest BCUT2D eigenvalue weighted by molar-refractivity contribution is 0.440. The summed E-state index contributed by atoms with van der Waals surface area (Å²) in [5.74, 6) is 1.25. The van der Waals surface area contributed by atoms with Gasteiger partial charge in [0, 0.05) is 19.3 Å². The summed E-state index contributed by atoms with van der Waals surface area (Å²) < 4.78 is 0. The van der Waals surface area contributed by atoms with Crippen molar-refractivity contribution >= 4 is 11.8 Å². The normalized spacial score (nSPS) is 17.7. The molecule has 1 aromatic rings. The molecule has 0 aromatic carbocycles. The van der Waals surface area contributed by atoms with E-state index in [0.717, 1.165) is 31.9 Å². The van der Waals surface area contributed by atoms with Crippen molar-refractivity contribution in [3.63, 3.8) is 0 Å². The van der Waals surface area contributed by atoms with E-state index in [1.807, 2.05) is 7.05 Å². The molecule has 0 aliphatic carbocycles. The van der Waals surface area contributed by atoms with Crippen LogP contribution in [0.1, 0.15) is 12.8 Å². The van der Waals surface area contributed by atoms with Crippen molar-refractivity contribution in [2.75, 3.05) is 30.8 Å². The van der Waals surface area contributed by atoms with Gasteiger partial charge in [-0.15, -0.1) is 0 Å². The number of nitrogens with one attached hydrogen (secondary N) is 1. The Morgan fingerprint density at radius 3 is 2.87 bits per heavy atom. The molecule has 0 unspecified atom stereocenters. The van der Waals surface area contributed by atoms with Gasteiger partial charge in [0.15, 0.2) is 0 Å². The molecule has 0 amide bonds. The molecule has 1 fully saturated rings. The average Bonchev–Trinajstić information content (AvgIpc) is 2.29. The average molecular weight is 207 g/mol. The van der Waals surface area contributed by atoms with Crippen LogP contribution in [0.4, 0.5) is 11.8 Å². The molecular formula is C10H17N5. The van der Waals surface area contributed by atoms with Crippen LogP contribution in [-0.4, -0.2) is 36.1 Å². The van der Waals surface area contributed by atoms with E-state index < -0.39 is 0 Å². The van der Waals surface area contributed by atoms with Crippen molar-refractivity contribution in [1.29, 1.82) is 0 Å². The lowest BCUT2D eigenvalue weighted by atomic mass is 10.1. The molecule has 2 heterocycles. The van der Waals surface area contributed by atoms with Crippen LogP contribution in [0.2, 0.25) is 0 Å². The van der Waals surface area contributed by atoms with Crippen molar-refractivity contribution < 1.29 is 0 Å². The topological polar surface area (TPSA) is 67.1 Å². The van der Waals surface area contributed by atoms with E-state index >= 15 is 0 Å². The van der Waals surface area contributed by atoms with Gasteiger partial charge in [0.25, 0.3) is 0 Å². The number of anilines is 2. The summed E-state index contributed by atoms with van der Waals surface area (Å²) in [5.41, 5.74) is 5.64. The van der Waals surface area contributed by atoms with Crippen molar-refractivity contribution in [3.8, 4) is 0 Å². The number of nitrogens with zero attached hydrogens (tertiary/aromatic N) is 3. The van der Waals surface area contributed by atoms with Crippen LogP contribution < -0.4 is 16.0 Å². The monoisotopic (exact) mass is 207 g/mol. The van der Waals surface area contributed by atoms with Crippen LogP contribution in [0.3, 0.4) is 0 Å². The molecule has 0 spiro atoms. The molecule has 1 aliphatic rings. The number of nitrogens with two attached hydrogens (primary N) is 1. The maximum atomic E-state index is 5.64. The summed E-state index contributed by atoms with van der Waals surface area (Å²) in [6.45, 7) is 2.13. The van der Waals surface area contributed by atoms with Gasteiger partial charge in [-0.05, 0) is 32.0 Å². The fourth-order valence-corrected chi connectivity index (χ4v) is 1.89. The third-order valence-corrected chi connectivity index (χ3v) is 2.84. The summed E-state index contributed by atoms with van der Waals surface area (Å²) in [4.78, 5) is 10.6. The lowest BCUT2D eigenvalue weighted by Gasteiger charge is -2.31. The molecule has 5 nitrogen and oxygen atoms in total. The molecule has 0 atom stereocenters. The fraction of sp³-hybridized carbons (Fsp3) is 0.600. The van der Waals surface area contributed by atoms with E-state index in [4.69, 9.17) is 5.73 Å². The Balaban J connectivity index is 2.08. The molecule has 0 saturated carbocycles. The molecule has 82 valence electrons. The highest BCUT2D eigenvalue weighted by Crippen LogP contribution is 2.16. The Bertz CT molecular complexity index is 321. The van der Waals surface area contributed by atoms with Crippen molar-refractivity contribution in [3.05, 3.63) is 12.3 Å². The Labute approximate surface area is 89.7 Å². The maximum absolute atomic E-state index is 5.64. The Morgan fingerprint density at radius 1 is 1.47 bits per heavy atom. The highest BCUT2D eigenvalue weighted by atomic mass is 15.3. The molecule has 2 rings (SSSR count). The third kappa shape index (κ3) is 2.36. The van der Waals surface area contributed by atoms with Crippen LogP contribution in [0.15, 0.2) is 12.3 Å². The highest BCUT2D eigenvalue weighted by molar-refractivity contribution is 5.37. The third-order valence-electron chi connectivity index (χ3n) is 2.84. The number of hydrogen-bond acceptors (Lipinski definition) is 5. The lowest BCUT2D eigenvalue weighted by Crippen LogP contribution is -2.41. The molecule has 1 saturated heterocycles. The molecule has 15 heavy (non-hydrogen) atoms. The molecule has 1 aliphatic heterocycles. The smallest absolute Gasteiger partial charge is 0.227 e. The van der Waals surface area contributed by atoms with Crippen molar-refractivity contribution in [1.82, 2.24) is 15.3 Å². The number of rotatable bonds is 2. The molecule has 0 bridgehead atoms. The number of piperidine rings is 1. The van der Waals surface area contributed by atoms with Crippen LogP contribution in [0.5, 0.6) is 0 Å². The first-order valence-electron chi connectivity index (χ1n) is 5.29. The highest BCUT2D eigenvalue weighted by Gasteiger charge is 2.19. The molecule has 3 N–H and O–H groups in total. The number of aromatic nitrogens is 2. The van der Waals surface area contributed by atoms with Gasteiger partial charge in [0.2, 0.25) is 5.95 Å². The van der Waals surface area contributed by atoms with Crippen molar-refractivity contribution in [2.45, 2.75) is 18.9 Å². The van der Waals surface area contributed by atoms with Crippen LogP contribution in [0, 0.1) is 0 Å². The van der Waals surface area contributed by atoms with Gasteiger partial charge < -0.3 is 16.0 Å². The van der Waals surface area contributed by atoms with Crippen LogP contribution >= 0.6 is 0 Å². The zero-order valence-electron chi connectivity index (χ0n) is 8.98. The van der Waals surface area contributed by atoms with Gasteiger partial charge >= 0.3 is 0 Å². The minimum atomic E-state index is 0.521. The summed E-state index contributed by atoms with van der Waals surface area (Å²) in [6.07, 6.45) is 3.97. The standard InChI is InChI=1S/C10H17N5/c1-15(8-2-5-12-6-3-8)10-13-7-4-9(11)14-10/h4,7-8,12H,2-3,5-6H2,1H3,(H2,11,13,14). The summed E-state index contributed by atoms with van der Waals surface area (Å²) in [6, 6.07) is 2.23. The molecule has 1 aromatic heterocycles. The van der Waals surface area contributed by atoms with E-state index in [2.05, 4.69) is 20.2 Å². The second kappa shape index (κ2) is 4.44. The van der Waals surface area contributed by atoms with Crippen molar-refractivity contribution in [2.24, 2.45) is 0 Å². The SMILES string of the molecule is CN(c1nccc(N)n1)C1CCNCC1. The van der Waals surface area contributed by atoms with Crippen LogP contribution in [-0.2, 0) is 0 Å². The summed E-state index contributed by atoms with van der Waals surface area (Å²) in [7, 11) is 2.03. The summed E-state index contributed by atoms with van der Waals surface area (Å²) in [5, 5.41) is 3.34. The zero-order valence-corrected chi connectivity index (χ0v) is 8.98. The predicted molar refractivity (Wildman–Crippen MR) is 60.7 cm³/mol. The fourth-order valence-electron chi connectivity index (χ4n) is 1.89. The number of nitrogen functional groups attached to an aromatic ring is 1. The number of hydrogen-bond donors (Lipinski definition) is 2. The first kappa shape index (κ1) is 10.2. The van der Waals surface area contributed by atoms with E-state index in [1.165, 1.54) is 0 Å². The molecular weight excluding hydrogens is 190 g/mol.